The predicted molar refractivity (Wildman–Crippen MR) is 70.4 cm³/mol. The molecule has 2 rings (SSSR count). The SMILES string of the molecule is CCCCC(CC(=O)NO)C(=O)N1CCC2(CC2)C1. The maximum absolute atomic E-state index is 12.5. The predicted octanol–water partition coefficient (Wildman–Crippen LogP) is 1.70. The number of hydrogen-bond donors (Lipinski definition) is 2. The Morgan fingerprint density at radius 2 is 2.11 bits per heavy atom. The minimum atomic E-state index is -0.463. The molecule has 1 atom stereocenters. The van der Waals surface area contributed by atoms with Crippen LogP contribution in [0, 0.1) is 11.3 Å². The number of unbranched alkanes of at least 4 members (excludes halogenated alkanes) is 1. The van der Waals surface area contributed by atoms with Crippen LogP contribution in [0.5, 0.6) is 0 Å². The Balaban J connectivity index is 1.92. The molecule has 2 amide bonds. The largest absolute Gasteiger partial charge is 0.342 e. The third-order valence-electron chi connectivity index (χ3n) is 4.52. The Hall–Kier alpha value is -1.10. The van der Waals surface area contributed by atoms with Gasteiger partial charge in [0.1, 0.15) is 0 Å². The van der Waals surface area contributed by atoms with E-state index >= 15 is 0 Å². The summed E-state index contributed by atoms with van der Waals surface area (Å²) >= 11 is 0. The highest BCUT2D eigenvalue weighted by atomic mass is 16.5. The van der Waals surface area contributed by atoms with E-state index in [0.29, 0.717) is 5.41 Å². The van der Waals surface area contributed by atoms with Gasteiger partial charge < -0.3 is 4.90 Å². The molecule has 1 unspecified atom stereocenters. The molecule has 5 nitrogen and oxygen atoms in total. The number of likely N-dealkylation sites (tertiary alicyclic amines) is 1. The van der Waals surface area contributed by atoms with Crippen molar-refractivity contribution in [3.63, 3.8) is 0 Å². The van der Waals surface area contributed by atoms with E-state index in [-0.39, 0.29) is 18.2 Å². The fourth-order valence-electron chi connectivity index (χ4n) is 3.00. The van der Waals surface area contributed by atoms with Gasteiger partial charge in [-0.15, -0.1) is 0 Å². The monoisotopic (exact) mass is 268 g/mol. The number of carbonyl (C=O) groups excluding carboxylic acids is 2. The van der Waals surface area contributed by atoms with E-state index in [9.17, 15) is 9.59 Å². The molecule has 108 valence electrons. The van der Waals surface area contributed by atoms with Gasteiger partial charge in [0.25, 0.3) is 0 Å². The van der Waals surface area contributed by atoms with Gasteiger partial charge in [0.15, 0.2) is 0 Å². The summed E-state index contributed by atoms with van der Waals surface area (Å²) < 4.78 is 0. The minimum Gasteiger partial charge on any atom is -0.342 e. The zero-order valence-corrected chi connectivity index (χ0v) is 11.7. The van der Waals surface area contributed by atoms with Crippen molar-refractivity contribution in [3.8, 4) is 0 Å². The van der Waals surface area contributed by atoms with E-state index in [1.54, 1.807) is 5.48 Å². The quantitative estimate of drug-likeness (QED) is 0.569. The smallest absolute Gasteiger partial charge is 0.244 e. The Morgan fingerprint density at radius 3 is 2.63 bits per heavy atom. The van der Waals surface area contributed by atoms with Crippen LogP contribution in [0.4, 0.5) is 0 Å². The van der Waals surface area contributed by atoms with Crippen molar-refractivity contribution in [2.45, 2.75) is 51.9 Å². The summed E-state index contributed by atoms with van der Waals surface area (Å²) in [5, 5.41) is 8.62. The van der Waals surface area contributed by atoms with Gasteiger partial charge in [-0.25, -0.2) is 5.48 Å². The number of nitrogens with one attached hydrogen (secondary N) is 1. The molecule has 19 heavy (non-hydrogen) atoms. The first kappa shape index (κ1) is 14.3. The minimum absolute atomic E-state index is 0.0961. The summed E-state index contributed by atoms with van der Waals surface area (Å²) in [5.41, 5.74) is 2.06. The van der Waals surface area contributed by atoms with Crippen LogP contribution >= 0.6 is 0 Å². The second-order valence-electron chi connectivity index (χ2n) is 6.09. The summed E-state index contributed by atoms with van der Waals surface area (Å²) in [6.07, 6.45) is 6.38. The van der Waals surface area contributed by atoms with Crippen molar-refractivity contribution in [1.29, 1.82) is 0 Å². The van der Waals surface area contributed by atoms with Gasteiger partial charge in [0.05, 0.1) is 0 Å². The number of nitrogens with zero attached hydrogens (tertiary/aromatic N) is 1. The standard InChI is InChI=1S/C14H24N2O3/c1-2-3-4-11(9-12(17)15-19)13(18)16-8-7-14(10-16)5-6-14/h11,19H,2-10H2,1H3,(H,15,17). The number of hydroxylamine groups is 1. The van der Waals surface area contributed by atoms with Crippen LogP contribution in [0.2, 0.25) is 0 Å². The molecule has 2 fully saturated rings. The molecule has 0 aromatic heterocycles. The van der Waals surface area contributed by atoms with Crippen molar-refractivity contribution in [2.75, 3.05) is 13.1 Å². The first-order valence-corrected chi connectivity index (χ1v) is 7.32. The number of rotatable bonds is 6. The third kappa shape index (κ3) is 3.47. The van der Waals surface area contributed by atoms with E-state index < -0.39 is 5.91 Å². The van der Waals surface area contributed by atoms with Crippen LogP contribution in [0.3, 0.4) is 0 Å². The molecule has 0 aromatic carbocycles. The maximum Gasteiger partial charge on any atom is 0.244 e. The summed E-state index contributed by atoms with van der Waals surface area (Å²) in [6, 6.07) is 0. The Bertz CT molecular complexity index is 353. The lowest BCUT2D eigenvalue weighted by Crippen LogP contribution is -2.37. The molecule has 1 saturated heterocycles. The van der Waals surface area contributed by atoms with Gasteiger partial charge in [0, 0.05) is 25.4 Å². The van der Waals surface area contributed by atoms with Crippen LogP contribution in [0.15, 0.2) is 0 Å². The van der Waals surface area contributed by atoms with E-state index in [4.69, 9.17) is 5.21 Å². The van der Waals surface area contributed by atoms with E-state index in [1.165, 1.54) is 12.8 Å². The molecule has 1 aliphatic carbocycles. The lowest BCUT2D eigenvalue weighted by atomic mass is 9.96. The van der Waals surface area contributed by atoms with Gasteiger partial charge in [-0.2, -0.15) is 0 Å². The molecule has 1 aliphatic heterocycles. The highest BCUT2D eigenvalue weighted by Crippen LogP contribution is 2.52. The topological polar surface area (TPSA) is 69.6 Å². The zero-order valence-electron chi connectivity index (χ0n) is 11.7. The average Bonchev–Trinajstić information content (AvgIpc) is 3.03. The van der Waals surface area contributed by atoms with Gasteiger partial charge in [-0.1, -0.05) is 19.8 Å². The van der Waals surface area contributed by atoms with Gasteiger partial charge in [-0.3, -0.25) is 14.8 Å². The van der Waals surface area contributed by atoms with E-state index in [1.807, 2.05) is 4.90 Å². The number of carbonyl (C=O) groups is 2. The Morgan fingerprint density at radius 1 is 1.37 bits per heavy atom. The third-order valence-corrected chi connectivity index (χ3v) is 4.52. The highest BCUT2D eigenvalue weighted by molar-refractivity contribution is 5.85. The van der Waals surface area contributed by atoms with Crippen LogP contribution in [0.1, 0.15) is 51.9 Å². The van der Waals surface area contributed by atoms with Crippen LogP contribution in [-0.4, -0.2) is 35.0 Å². The van der Waals surface area contributed by atoms with Crippen LogP contribution in [-0.2, 0) is 9.59 Å². The molecule has 0 bridgehead atoms. The fraction of sp³-hybridized carbons (Fsp3) is 0.857. The number of hydrogen-bond acceptors (Lipinski definition) is 3. The van der Waals surface area contributed by atoms with Crippen molar-refractivity contribution >= 4 is 11.8 Å². The first-order chi connectivity index (χ1) is 9.10. The van der Waals surface area contributed by atoms with E-state index in [2.05, 4.69) is 6.92 Å². The summed E-state index contributed by atoms with van der Waals surface area (Å²) in [7, 11) is 0. The van der Waals surface area contributed by atoms with Crippen LogP contribution in [0.25, 0.3) is 0 Å². The second kappa shape index (κ2) is 5.90. The average molecular weight is 268 g/mol. The van der Waals surface area contributed by atoms with Gasteiger partial charge >= 0.3 is 0 Å². The molecule has 1 heterocycles. The van der Waals surface area contributed by atoms with Gasteiger partial charge in [0.2, 0.25) is 11.8 Å². The molecule has 1 saturated carbocycles. The van der Waals surface area contributed by atoms with Crippen molar-refractivity contribution < 1.29 is 14.8 Å². The molecule has 2 N–H and O–H groups in total. The number of amides is 2. The van der Waals surface area contributed by atoms with Gasteiger partial charge in [-0.05, 0) is 31.1 Å². The summed E-state index contributed by atoms with van der Waals surface area (Å²) in [4.78, 5) is 25.7. The second-order valence-corrected chi connectivity index (χ2v) is 6.09. The Kier molecular flexibility index (Phi) is 4.45. The van der Waals surface area contributed by atoms with Crippen molar-refractivity contribution in [3.05, 3.63) is 0 Å². The molecule has 0 aromatic rings. The lowest BCUT2D eigenvalue weighted by Gasteiger charge is -2.23. The highest BCUT2D eigenvalue weighted by Gasteiger charge is 2.49. The molecule has 1 spiro atoms. The molecule has 5 heteroatoms. The summed E-state index contributed by atoms with van der Waals surface area (Å²) in [6.45, 7) is 3.78. The maximum atomic E-state index is 12.5. The van der Waals surface area contributed by atoms with Crippen molar-refractivity contribution in [2.24, 2.45) is 11.3 Å². The first-order valence-electron chi connectivity index (χ1n) is 7.32. The van der Waals surface area contributed by atoms with Crippen molar-refractivity contribution in [1.82, 2.24) is 10.4 Å². The molecular formula is C14H24N2O3. The lowest BCUT2D eigenvalue weighted by molar-refractivity contribution is -0.140. The van der Waals surface area contributed by atoms with Crippen LogP contribution < -0.4 is 5.48 Å². The summed E-state index contributed by atoms with van der Waals surface area (Å²) in [5.74, 6) is -0.642. The normalized spacial score (nSPS) is 21.5. The zero-order chi connectivity index (χ0) is 13.9. The molecular weight excluding hydrogens is 244 g/mol. The fourth-order valence-corrected chi connectivity index (χ4v) is 3.00. The molecule has 0 radical (unpaired) electrons. The van der Waals surface area contributed by atoms with E-state index in [0.717, 1.165) is 38.8 Å². The molecule has 2 aliphatic rings. The Labute approximate surface area is 114 Å².